The number of amides is 1. The second-order valence-corrected chi connectivity index (χ2v) is 7.63. The summed E-state index contributed by atoms with van der Waals surface area (Å²) in [5.74, 6) is 0.419. The van der Waals surface area contributed by atoms with Crippen LogP contribution in [-0.4, -0.2) is 37.8 Å². The predicted molar refractivity (Wildman–Crippen MR) is 105 cm³/mol. The molecular formula is C22H26N2O4. The van der Waals surface area contributed by atoms with Crippen molar-refractivity contribution in [1.82, 2.24) is 10.3 Å². The van der Waals surface area contributed by atoms with Gasteiger partial charge in [-0.1, -0.05) is 30.3 Å². The standard InChI is InChI=1S/C22H26N2O4/c1-27-13-20(16-7-8-19(23-21(16)25)15-9-10-28-12-15)24-22(26)18-11-17(18)14-5-3-2-4-6-14/h2-8,15,17-18,20H,9-13H2,1H3,(H,23,25)(H,24,26)/t15-,17-,18+,20+/m1/s1. The fraction of sp³-hybridized carbons (Fsp3) is 0.455. The zero-order valence-corrected chi connectivity index (χ0v) is 16.0. The van der Waals surface area contributed by atoms with Crippen LogP contribution in [0.1, 0.15) is 47.5 Å². The first-order valence-electron chi connectivity index (χ1n) is 9.82. The molecule has 0 bridgehead atoms. The van der Waals surface area contributed by atoms with Gasteiger partial charge in [0, 0.05) is 36.8 Å². The van der Waals surface area contributed by atoms with Crippen LogP contribution in [0, 0.1) is 5.92 Å². The number of rotatable bonds is 7. The number of ether oxygens (including phenoxy) is 2. The summed E-state index contributed by atoms with van der Waals surface area (Å²) in [7, 11) is 1.57. The van der Waals surface area contributed by atoms with E-state index in [1.54, 1.807) is 13.2 Å². The molecule has 1 aliphatic carbocycles. The van der Waals surface area contributed by atoms with E-state index in [1.807, 2.05) is 24.3 Å². The quantitative estimate of drug-likeness (QED) is 0.771. The van der Waals surface area contributed by atoms with Crippen molar-refractivity contribution in [3.63, 3.8) is 0 Å². The Morgan fingerprint density at radius 1 is 1.29 bits per heavy atom. The molecule has 1 aromatic carbocycles. The first kappa shape index (κ1) is 18.9. The fourth-order valence-electron chi connectivity index (χ4n) is 4.00. The molecule has 0 unspecified atom stereocenters. The van der Waals surface area contributed by atoms with Gasteiger partial charge in [-0.05, 0) is 36.5 Å². The van der Waals surface area contributed by atoms with Crippen molar-refractivity contribution in [3.05, 3.63) is 69.6 Å². The van der Waals surface area contributed by atoms with Crippen LogP contribution in [0.25, 0.3) is 0 Å². The van der Waals surface area contributed by atoms with E-state index < -0.39 is 6.04 Å². The summed E-state index contributed by atoms with van der Waals surface area (Å²) in [5.41, 5.74) is 2.42. The molecular weight excluding hydrogens is 356 g/mol. The van der Waals surface area contributed by atoms with Crippen LogP contribution in [0.2, 0.25) is 0 Å². The maximum Gasteiger partial charge on any atom is 0.253 e. The van der Waals surface area contributed by atoms with E-state index in [-0.39, 0.29) is 35.8 Å². The van der Waals surface area contributed by atoms with Gasteiger partial charge in [-0.3, -0.25) is 9.59 Å². The van der Waals surface area contributed by atoms with E-state index in [2.05, 4.69) is 22.4 Å². The van der Waals surface area contributed by atoms with Gasteiger partial charge in [0.1, 0.15) is 0 Å². The van der Waals surface area contributed by atoms with Crippen molar-refractivity contribution in [2.75, 3.05) is 26.9 Å². The highest BCUT2D eigenvalue weighted by Gasteiger charge is 2.44. The van der Waals surface area contributed by atoms with Crippen molar-refractivity contribution >= 4 is 5.91 Å². The van der Waals surface area contributed by atoms with Gasteiger partial charge in [0.05, 0.1) is 19.3 Å². The summed E-state index contributed by atoms with van der Waals surface area (Å²) in [6, 6.07) is 13.3. The van der Waals surface area contributed by atoms with Crippen molar-refractivity contribution in [1.29, 1.82) is 0 Å². The number of hydrogen-bond acceptors (Lipinski definition) is 4. The molecule has 2 N–H and O–H groups in total. The van der Waals surface area contributed by atoms with Crippen LogP contribution in [0.4, 0.5) is 0 Å². The summed E-state index contributed by atoms with van der Waals surface area (Å²) in [4.78, 5) is 28.4. The second kappa shape index (κ2) is 8.29. The molecule has 1 aliphatic heterocycles. The number of nitrogens with one attached hydrogen (secondary N) is 2. The zero-order valence-electron chi connectivity index (χ0n) is 16.0. The minimum Gasteiger partial charge on any atom is -0.382 e. The van der Waals surface area contributed by atoms with Crippen LogP contribution in [0.15, 0.2) is 47.3 Å². The number of aromatic nitrogens is 1. The maximum atomic E-state index is 12.7. The first-order valence-corrected chi connectivity index (χ1v) is 9.82. The van der Waals surface area contributed by atoms with Gasteiger partial charge in [-0.15, -0.1) is 0 Å². The normalized spacial score (nSPS) is 24.7. The van der Waals surface area contributed by atoms with E-state index in [0.717, 1.165) is 25.1 Å². The highest BCUT2D eigenvalue weighted by molar-refractivity contribution is 5.83. The summed E-state index contributed by atoms with van der Waals surface area (Å²) >= 11 is 0. The molecule has 2 heterocycles. The lowest BCUT2D eigenvalue weighted by molar-refractivity contribution is -0.123. The van der Waals surface area contributed by atoms with Crippen molar-refractivity contribution in [3.8, 4) is 0 Å². The Morgan fingerprint density at radius 2 is 2.11 bits per heavy atom. The number of benzene rings is 1. The van der Waals surface area contributed by atoms with Gasteiger partial charge < -0.3 is 19.8 Å². The molecule has 148 valence electrons. The molecule has 1 saturated carbocycles. The Hall–Kier alpha value is -2.44. The Balaban J connectivity index is 1.45. The largest absolute Gasteiger partial charge is 0.382 e. The number of aromatic amines is 1. The average molecular weight is 382 g/mol. The summed E-state index contributed by atoms with van der Waals surface area (Å²) in [6.07, 6.45) is 1.75. The molecule has 1 saturated heterocycles. The van der Waals surface area contributed by atoms with Crippen LogP contribution in [0.3, 0.4) is 0 Å². The third-order valence-corrected chi connectivity index (χ3v) is 5.71. The number of H-pyrrole nitrogens is 1. The fourth-order valence-corrected chi connectivity index (χ4v) is 4.00. The third kappa shape index (κ3) is 4.03. The molecule has 2 fully saturated rings. The van der Waals surface area contributed by atoms with Crippen molar-refractivity contribution < 1.29 is 14.3 Å². The van der Waals surface area contributed by atoms with Gasteiger partial charge >= 0.3 is 0 Å². The lowest BCUT2D eigenvalue weighted by atomic mass is 10.0. The monoisotopic (exact) mass is 382 g/mol. The molecule has 2 aromatic rings. The summed E-state index contributed by atoms with van der Waals surface area (Å²) < 4.78 is 10.7. The predicted octanol–water partition coefficient (Wildman–Crippen LogP) is 2.49. The van der Waals surface area contributed by atoms with Crippen molar-refractivity contribution in [2.45, 2.75) is 30.7 Å². The molecule has 0 spiro atoms. The van der Waals surface area contributed by atoms with Gasteiger partial charge in [0.15, 0.2) is 0 Å². The Bertz CT molecular complexity index is 874. The smallest absolute Gasteiger partial charge is 0.253 e. The molecule has 28 heavy (non-hydrogen) atoms. The maximum absolute atomic E-state index is 12.7. The van der Waals surface area contributed by atoms with E-state index in [9.17, 15) is 9.59 Å². The minimum atomic E-state index is -0.466. The molecule has 4 rings (SSSR count). The lowest BCUT2D eigenvalue weighted by Gasteiger charge is -2.19. The SMILES string of the molecule is COC[C@H](NC(=O)[C@H]1C[C@@H]1c1ccccc1)c1ccc([C@@H]2CCOC2)[nH]c1=O. The number of pyridine rings is 1. The third-order valence-electron chi connectivity index (χ3n) is 5.71. The molecule has 0 radical (unpaired) electrons. The van der Waals surface area contributed by atoms with E-state index in [1.165, 1.54) is 5.56 Å². The van der Waals surface area contributed by atoms with Crippen LogP contribution >= 0.6 is 0 Å². The number of methoxy groups -OCH3 is 1. The molecule has 2 aliphatic rings. The van der Waals surface area contributed by atoms with Crippen LogP contribution < -0.4 is 10.9 Å². The molecule has 6 nitrogen and oxygen atoms in total. The van der Waals surface area contributed by atoms with Gasteiger partial charge in [0.2, 0.25) is 5.91 Å². The molecule has 1 amide bonds. The number of carbonyl (C=O) groups excluding carboxylic acids is 1. The van der Waals surface area contributed by atoms with Crippen LogP contribution in [-0.2, 0) is 14.3 Å². The van der Waals surface area contributed by atoms with Gasteiger partial charge in [-0.2, -0.15) is 0 Å². The molecule has 6 heteroatoms. The van der Waals surface area contributed by atoms with Crippen LogP contribution in [0.5, 0.6) is 0 Å². The van der Waals surface area contributed by atoms with E-state index in [0.29, 0.717) is 12.2 Å². The second-order valence-electron chi connectivity index (χ2n) is 7.63. The number of hydrogen-bond donors (Lipinski definition) is 2. The highest BCUT2D eigenvalue weighted by Crippen LogP contribution is 2.47. The zero-order chi connectivity index (χ0) is 19.5. The Morgan fingerprint density at radius 3 is 2.79 bits per heavy atom. The summed E-state index contributed by atoms with van der Waals surface area (Å²) in [5, 5.41) is 3.02. The topological polar surface area (TPSA) is 80.4 Å². The molecule has 4 atom stereocenters. The first-order chi connectivity index (χ1) is 13.7. The Kier molecular flexibility index (Phi) is 5.59. The van der Waals surface area contributed by atoms with E-state index in [4.69, 9.17) is 9.47 Å². The summed E-state index contributed by atoms with van der Waals surface area (Å²) in [6.45, 7) is 1.61. The van der Waals surface area contributed by atoms with Gasteiger partial charge in [0.25, 0.3) is 5.56 Å². The number of carbonyl (C=O) groups is 1. The highest BCUT2D eigenvalue weighted by atomic mass is 16.5. The van der Waals surface area contributed by atoms with Gasteiger partial charge in [-0.25, -0.2) is 0 Å². The van der Waals surface area contributed by atoms with E-state index >= 15 is 0 Å². The average Bonchev–Trinajstić information content (AvgIpc) is 3.33. The minimum absolute atomic E-state index is 0.0245. The Labute approximate surface area is 164 Å². The molecule has 1 aromatic heterocycles. The lowest BCUT2D eigenvalue weighted by Crippen LogP contribution is -2.36. The van der Waals surface area contributed by atoms with Crippen molar-refractivity contribution in [2.24, 2.45) is 5.92 Å².